The zero-order valence-corrected chi connectivity index (χ0v) is 22.6. The second kappa shape index (κ2) is 10.1. The van der Waals surface area contributed by atoms with Crippen LogP contribution >= 0.6 is 22.7 Å². The molecule has 1 amide bonds. The first kappa shape index (κ1) is 24.6. The van der Waals surface area contributed by atoms with E-state index in [0.29, 0.717) is 16.5 Å². The van der Waals surface area contributed by atoms with E-state index in [1.165, 1.54) is 18.4 Å². The van der Waals surface area contributed by atoms with Crippen molar-refractivity contribution in [2.75, 3.05) is 12.0 Å². The maximum Gasteiger partial charge on any atom is 0.350 e. The zero-order valence-electron chi connectivity index (χ0n) is 20.9. The maximum absolute atomic E-state index is 13.7. The summed E-state index contributed by atoms with van der Waals surface area (Å²) in [6.07, 6.45) is 9.65. The number of nitrogens with zero attached hydrogens (tertiary/aromatic N) is 4. The Morgan fingerprint density at radius 3 is 2.58 bits per heavy atom. The molecule has 4 aromatic heterocycles. The standard InChI is InChI=1S/C27H30N4O3S2/c1-16(2)31(25(32)18-7-5-17(3)6-8-18)22-13-23(36-24(22)26(33)34-4)19-9-10-20(28-14-19)21-15-30-11-12-35-27(30)29-21/h9-18H,5-8H2,1-4H3. The minimum absolute atomic E-state index is 0.0112. The van der Waals surface area contributed by atoms with Crippen molar-refractivity contribution >= 4 is 45.2 Å². The fraction of sp³-hybridized carbons (Fsp3) is 0.407. The van der Waals surface area contributed by atoms with Gasteiger partial charge in [0, 0.05) is 46.4 Å². The third-order valence-corrected chi connectivity index (χ3v) is 8.79. The van der Waals surface area contributed by atoms with E-state index in [9.17, 15) is 9.59 Å². The number of carbonyl (C=O) groups is 2. The summed E-state index contributed by atoms with van der Waals surface area (Å²) in [6.45, 7) is 6.23. The number of thiazole rings is 1. The van der Waals surface area contributed by atoms with Gasteiger partial charge in [-0.1, -0.05) is 6.92 Å². The van der Waals surface area contributed by atoms with Gasteiger partial charge in [0.1, 0.15) is 10.6 Å². The number of thiophene rings is 1. The van der Waals surface area contributed by atoms with Gasteiger partial charge in [-0.3, -0.25) is 14.2 Å². The molecule has 0 aliphatic heterocycles. The van der Waals surface area contributed by atoms with E-state index in [0.717, 1.165) is 52.5 Å². The van der Waals surface area contributed by atoms with Crippen molar-refractivity contribution in [2.45, 2.75) is 52.5 Å². The van der Waals surface area contributed by atoms with Crippen LogP contribution in [0.1, 0.15) is 56.1 Å². The third-order valence-electron chi connectivity index (χ3n) is 6.87. The highest BCUT2D eigenvalue weighted by Crippen LogP contribution is 2.40. The van der Waals surface area contributed by atoms with Crippen molar-refractivity contribution in [3.8, 4) is 21.8 Å². The SMILES string of the molecule is COC(=O)c1sc(-c2ccc(-c3cn4ccsc4n3)nc2)cc1N(C(=O)C1CCC(C)CC1)C(C)C. The molecule has 0 spiro atoms. The first-order valence-electron chi connectivity index (χ1n) is 12.3. The van der Waals surface area contributed by atoms with Crippen molar-refractivity contribution < 1.29 is 14.3 Å². The van der Waals surface area contributed by atoms with Gasteiger partial charge in [-0.15, -0.1) is 22.7 Å². The van der Waals surface area contributed by atoms with Gasteiger partial charge in [-0.2, -0.15) is 0 Å². The largest absolute Gasteiger partial charge is 0.465 e. The summed E-state index contributed by atoms with van der Waals surface area (Å²) in [7, 11) is 1.38. The highest BCUT2D eigenvalue weighted by atomic mass is 32.1. The zero-order chi connectivity index (χ0) is 25.4. The Labute approximate surface area is 218 Å². The summed E-state index contributed by atoms with van der Waals surface area (Å²) in [5, 5.41) is 2.00. The summed E-state index contributed by atoms with van der Waals surface area (Å²) in [4.78, 5) is 39.7. The minimum atomic E-state index is -0.431. The molecular formula is C27H30N4O3S2. The number of esters is 1. The number of pyridine rings is 1. The highest BCUT2D eigenvalue weighted by molar-refractivity contribution is 7.18. The van der Waals surface area contributed by atoms with Gasteiger partial charge in [0.25, 0.3) is 0 Å². The average Bonchev–Trinajstić information content (AvgIpc) is 3.59. The molecule has 0 aromatic carbocycles. The first-order chi connectivity index (χ1) is 17.4. The topological polar surface area (TPSA) is 76.8 Å². The van der Waals surface area contributed by atoms with Crippen molar-refractivity contribution in [2.24, 2.45) is 11.8 Å². The number of rotatable bonds is 6. The number of fused-ring (bicyclic) bond motifs is 1. The lowest BCUT2D eigenvalue weighted by Gasteiger charge is -2.33. The first-order valence-corrected chi connectivity index (χ1v) is 14.0. The molecule has 4 aromatic rings. The van der Waals surface area contributed by atoms with Gasteiger partial charge < -0.3 is 9.64 Å². The molecule has 0 unspecified atom stereocenters. The molecule has 36 heavy (non-hydrogen) atoms. The fourth-order valence-corrected chi connectivity index (χ4v) is 6.60. The van der Waals surface area contributed by atoms with E-state index in [4.69, 9.17) is 4.74 Å². The van der Waals surface area contributed by atoms with Crippen molar-refractivity contribution in [1.82, 2.24) is 14.4 Å². The van der Waals surface area contributed by atoms with E-state index < -0.39 is 5.97 Å². The van der Waals surface area contributed by atoms with Crippen LogP contribution in [-0.2, 0) is 9.53 Å². The van der Waals surface area contributed by atoms with Crippen molar-refractivity contribution in [3.63, 3.8) is 0 Å². The maximum atomic E-state index is 13.7. The number of methoxy groups -OCH3 is 1. The van der Waals surface area contributed by atoms with E-state index in [-0.39, 0.29) is 17.9 Å². The van der Waals surface area contributed by atoms with Crippen LogP contribution in [0.2, 0.25) is 0 Å². The van der Waals surface area contributed by atoms with Crippen LogP contribution in [0.15, 0.2) is 42.2 Å². The van der Waals surface area contributed by atoms with Crippen LogP contribution in [-0.4, -0.2) is 39.4 Å². The molecule has 0 radical (unpaired) electrons. The van der Waals surface area contributed by atoms with E-state index in [1.54, 1.807) is 22.4 Å². The van der Waals surface area contributed by atoms with Crippen LogP contribution in [0.25, 0.3) is 26.8 Å². The Kier molecular flexibility index (Phi) is 6.94. The number of ether oxygens (including phenoxy) is 1. The molecule has 1 saturated carbocycles. The number of aromatic nitrogens is 3. The third kappa shape index (κ3) is 4.69. The van der Waals surface area contributed by atoms with Crippen LogP contribution in [0.5, 0.6) is 0 Å². The summed E-state index contributed by atoms with van der Waals surface area (Å²) < 4.78 is 7.08. The summed E-state index contributed by atoms with van der Waals surface area (Å²) >= 11 is 2.92. The smallest absolute Gasteiger partial charge is 0.350 e. The molecule has 1 aliphatic carbocycles. The lowest BCUT2D eigenvalue weighted by Crippen LogP contribution is -2.42. The van der Waals surface area contributed by atoms with Crippen LogP contribution in [0.3, 0.4) is 0 Å². The lowest BCUT2D eigenvalue weighted by atomic mass is 9.82. The Morgan fingerprint density at radius 2 is 1.94 bits per heavy atom. The average molecular weight is 523 g/mol. The molecule has 7 nitrogen and oxygen atoms in total. The van der Waals surface area contributed by atoms with E-state index in [2.05, 4.69) is 16.9 Å². The molecule has 0 atom stereocenters. The highest BCUT2D eigenvalue weighted by Gasteiger charge is 2.33. The molecule has 5 rings (SSSR count). The van der Waals surface area contributed by atoms with E-state index >= 15 is 0 Å². The summed E-state index contributed by atoms with van der Waals surface area (Å²) in [5.74, 6) is 0.316. The molecule has 1 fully saturated rings. The molecule has 0 N–H and O–H groups in total. The molecule has 0 bridgehead atoms. The van der Waals surface area contributed by atoms with Crippen LogP contribution in [0.4, 0.5) is 5.69 Å². The van der Waals surface area contributed by atoms with Crippen molar-refractivity contribution in [3.05, 3.63) is 47.0 Å². The summed E-state index contributed by atoms with van der Waals surface area (Å²) in [5.41, 5.74) is 3.10. The fourth-order valence-electron chi connectivity index (χ4n) is 4.84. The second-order valence-corrected chi connectivity index (χ2v) is 11.7. The number of carbonyl (C=O) groups excluding carboxylic acids is 2. The molecular weight excluding hydrogens is 492 g/mol. The molecule has 1 aliphatic rings. The Morgan fingerprint density at radius 1 is 1.17 bits per heavy atom. The Bertz CT molecular complexity index is 1350. The van der Waals surface area contributed by atoms with Gasteiger partial charge in [-0.05, 0) is 63.6 Å². The van der Waals surface area contributed by atoms with Crippen LogP contribution in [0, 0.1) is 11.8 Å². The number of anilines is 1. The molecule has 188 valence electrons. The van der Waals surface area contributed by atoms with Gasteiger partial charge in [0.2, 0.25) is 5.91 Å². The van der Waals surface area contributed by atoms with Crippen LogP contribution < -0.4 is 4.90 Å². The number of amides is 1. The summed E-state index contributed by atoms with van der Waals surface area (Å²) in [6, 6.07) is 5.77. The van der Waals surface area contributed by atoms with Gasteiger partial charge >= 0.3 is 5.97 Å². The lowest BCUT2D eigenvalue weighted by molar-refractivity contribution is -0.123. The Hall–Kier alpha value is -3.04. The predicted molar refractivity (Wildman–Crippen MR) is 145 cm³/mol. The minimum Gasteiger partial charge on any atom is -0.465 e. The molecule has 9 heteroatoms. The molecule has 0 saturated heterocycles. The quantitative estimate of drug-likeness (QED) is 0.269. The normalized spacial score (nSPS) is 18.0. The molecule has 4 heterocycles. The predicted octanol–water partition coefficient (Wildman–Crippen LogP) is 6.54. The van der Waals surface area contributed by atoms with Crippen molar-refractivity contribution in [1.29, 1.82) is 0 Å². The number of hydrogen-bond donors (Lipinski definition) is 0. The van der Waals surface area contributed by atoms with E-state index in [1.807, 2.05) is 54.2 Å². The number of hydrogen-bond acceptors (Lipinski definition) is 7. The Balaban J connectivity index is 1.47. The van der Waals surface area contributed by atoms with Gasteiger partial charge in [-0.25, -0.2) is 9.78 Å². The number of imidazole rings is 1. The monoisotopic (exact) mass is 522 g/mol. The van der Waals surface area contributed by atoms with Gasteiger partial charge in [0.05, 0.1) is 18.5 Å². The van der Waals surface area contributed by atoms with Gasteiger partial charge in [0.15, 0.2) is 4.96 Å². The second-order valence-electron chi connectivity index (χ2n) is 9.73.